The molecule has 1 saturated heterocycles. The summed E-state index contributed by atoms with van der Waals surface area (Å²) in [6.45, 7) is 0. The number of hydrogen-bond donors (Lipinski definition) is 2. The number of rotatable bonds is 6. The molecule has 0 bridgehead atoms. The van der Waals surface area contributed by atoms with Gasteiger partial charge >= 0.3 is 0 Å². The average Bonchev–Trinajstić information content (AvgIpc) is 3.34. The summed E-state index contributed by atoms with van der Waals surface area (Å²) in [4.78, 5) is 0.187. The Morgan fingerprint density at radius 2 is 1.81 bits per heavy atom. The molecule has 3 atom stereocenters. The van der Waals surface area contributed by atoms with Gasteiger partial charge < -0.3 is 10.1 Å². The van der Waals surface area contributed by atoms with Crippen molar-refractivity contribution in [2.75, 3.05) is 21.5 Å². The van der Waals surface area contributed by atoms with Crippen molar-refractivity contribution in [1.82, 2.24) is 0 Å². The maximum absolute atomic E-state index is 13.2. The highest BCUT2D eigenvalue weighted by Gasteiger charge is 2.38. The molecule has 6 rings (SSSR count). The number of fused-ring (bicyclic) bond motifs is 3. The molecule has 2 N–H and O–H groups in total. The van der Waals surface area contributed by atoms with Crippen LogP contribution in [0.5, 0.6) is 5.75 Å². The van der Waals surface area contributed by atoms with Crippen molar-refractivity contribution in [3.63, 3.8) is 0 Å². The first-order chi connectivity index (χ1) is 17.4. The minimum Gasteiger partial charge on any atom is -0.489 e. The maximum atomic E-state index is 13.2. The van der Waals surface area contributed by atoms with Crippen LogP contribution in [0.15, 0.2) is 77.7 Å². The SMILES string of the molecule is O=S(=O)(Nc1cc(Cl)ccc1Cl)c1ccc2c(c1)[C@H]1C=CC[C@H]1[C@@H](c1ccc(OC3CSC3)cc1)N2. The van der Waals surface area contributed by atoms with Gasteiger partial charge in [-0.2, -0.15) is 11.8 Å². The predicted octanol–water partition coefficient (Wildman–Crippen LogP) is 7.11. The number of thioether (sulfide) groups is 1. The van der Waals surface area contributed by atoms with Gasteiger partial charge in [-0.1, -0.05) is 47.5 Å². The van der Waals surface area contributed by atoms with Crippen molar-refractivity contribution in [3.05, 3.63) is 94.0 Å². The monoisotopic (exact) mass is 558 g/mol. The molecule has 1 aliphatic carbocycles. The van der Waals surface area contributed by atoms with Crippen LogP contribution in [0.1, 0.15) is 29.5 Å². The summed E-state index contributed by atoms with van der Waals surface area (Å²) >= 11 is 14.1. The molecule has 0 radical (unpaired) electrons. The quantitative estimate of drug-likeness (QED) is 0.315. The van der Waals surface area contributed by atoms with E-state index in [0.29, 0.717) is 17.0 Å². The van der Waals surface area contributed by atoms with Crippen LogP contribution in [0, 0.1) is 5.92 Å². The minimum atomic E-state index is -3.85. The van der Waals surface area contributed by atoms with Crippen molar-refractivity contribution in [3.8, 4) is 5.75 Å². The number of nitrogens with one attached hydrogen (secondary N) is 2. The van der Waals surface area contributed by atoms with Gasteiger partial charge in [-0.15, -0.1) is 0 Å². The molecular formula is C27H24Cl2N2O3S2. The summed E-state index contributed by atoms with van der Waals surface area (Å²) in [6, 6.07) is 18.4. The van der Waals surface area contributed by atoms with Gasteiger partial charge in [0.2, 0.25) is 0 Å². The molecule has 0 saturated carbocycles. The molecule has 3 aromatic rings. The summed E-state index contributed by atoms with van der Waals surface area (Å²) in [7, 11) is -3.85. The lowest BCUT2D eigenvalue weighted by Crippen LogP contribution is -2.31. The second-order valence-electron chi connectivity index (χ2n) is 9.30. The van der Waals surface area contributed by atoms with Gasteiger partial charge in [0, 0.05) is 28.1 Å². The topological polar surface area (TPSA) is 67.4 Å². The molecule has 36 heavy (non-hydrogen) atoms. The zero-order valence-electron chi connectivity index (χ0n) is 19.2. The molecule has 9 heteroatoms. The molecule has 2 heterocycles. The maximum Gasteiger partial charge on any atom is 0.261 e. The van der Waals surface area contributed by atoms with E-state index >= 15 is 0 Å². The largest absolute Gasteiger partial charge is 0.489 e. The second kappa shape index (κ2) is 9.53. The van der Waals surface area contributed by atoms with Gasteiger partial charge in [-0.25, -0.2) is 8.42 Å². The van der Waals surface area contributed by atoms with Crippen molar-refractivity contribution >= 4 is 56.4 Å². The third kappa shape index (κ3) is 4.58. The first-order valence-corrected chi connectivity index (χ1v) is 15.2. The zero-order valence-corrected chi connectivity index (χ0v) is 22.3. The highest BCUT2D eigenvalue weighted by atomic mass is 35.5. The van der Waals surface area contributed by atoms with Crippen LogP contribution in [0.3, 0.4) is 0 Å². The van der Waals surface area contributed by atoms with Crippen LogP contribution in [0.2, 0.25) is 10.0 Å². The van der Waals surface area contributed by atoms with E-state index in [9.17, 15) is 8.42 Å². The van der Waals surface area contributed by atoms with Gasteiger partial charge in [0.05, 0.1) is 21.6 Å². The summed E-state index contributed by atoms with van der Waals surface area (Å²) < 4.78 is 35.0. The summed E-state index contributed by atoms with van der Waals surface area (Å²) in [5.41, 5.74) is 3.37. The number of anilines is 2. The van der Waals surface area contributed by atoms with Gasteiger partial charge in [-0.3, -0.25) is 4.72 Å². The van der Waals surface area contributed by atoms with Crippen LogP contribution in [0.4, 0.5) is 11.4 Å². The first-order valence-electron chi connectivity index (χ1n) is 11.8. The Morgan fingerprint density at radius 3 is 2.56 bits per heavy atom. The van der Waals surface area contributed by atoms with Crippen LogP contribution in [0.25, 0.3) is 0 Å². The third-order valence-corrected chi connectivity index (χ3v) is 10.1. The van der Waals surface area contributed by atoms with Crippen molar-refractivity contribution in [1.29, 1.82) is 0 Å². The molecule has 2 aliphatic heterocycles. The Balaban J connectivity index is 1.27. The summed E-state index contributed by atoms with van der Waals surface area (Å²) in [5, 5.41) is 4.36. The number of sulfonamides is 1. The van der Waals surface area contributed by atoms with Gasteiger partial charge in [0.25, 0.3) is 10.0 Å². The molecule has 0 unspecified atom stereocenters. The van der Waals surface area contributed by atoms with E-state index in [2.05, 4.69) is 46.5 Å². The molecule has 0 amide bonds. The van der Waals surface area contributed by atoms with Crippen LogP contribution in [-0.2, 0) is 10.0 Å². The lowest BCUT2D eigenvalue weighted by Gasteiger charge is -2.38. The van der Waals surface area contributed by atoms with Crippen molar-refractivity contribution in [2.45, 2.75) is 29.4 Å². The van der Waals surface area contributed by atoms with Gasteiger partial charge in [0.1, 0.15) is 11.9 Å². The highest BCUT2D eigenvalue weighted by Crippen LogP contribution is 2.50. The highest BCUT2D eigenvalue weighted by molar-refractivity contribution is 8.00. The summed E-state index contributed by atoms with van der Waals surface area (Å²) in [6.07, 6.45) is 5.63. The van der Waals surface area contributed by atoms with Gasteiger partial charge in [-0.05, 0) is 72.0 Å². The van der Waals surface area contributed by atoms with Crippen LogP contribution in [-0.4, -0.2) is 26.0 Å². The number of hydrogen-bond acceptors (Lipinski definition) is 5. The predicted molar refractivity (Wildman–Crippen MR) is 148 cm³/mol. The second-order valence-corrected chi connectivity index (χ2v) is 12.9. The Bertz CT molecular complexity index is 1440. The van der Waals surface area contributed by atoms with Crippen molar-refractivity contribution < 1.29 is 13.2 Å². The number of ether oxygens (including phenoxy) is 1. The Morgan fingerprint density at radius 1 is 1.00 bits per heavy atom. The fraction of sp³-hybridized carbons (Fsp3) is 0.259. The van der Waals surface area contributed by atoms with Crippen LogP contribution < -0.4 is 14.8 Å². The van der Waals surface area contributed by atoms with Crippen molar-refractivity contribution in [2.24, 2.45) is 5.92 Å². The van der Waals surface area contributed by atoms with E-state index in [-0.39, 0.29) is 27.6 Å². The van der Waals surface area contributed by atoms with E-state index in [0.717, 1.165) is 34.9 Å². The number of allylic oxidation sites excluding steroid dienone is 2. The van der Waals surface area contributed by atoms with E-state index in [1.807, 2.05) is 17.8 Å². The standard InChI is InChI=1S/C27H24Cl2N2O3S2/c28-17-6-10-24(29)26(12-17)31-36(32,33)20-9-11-25-23(13-20)21-2-1-3-22(21)27(30-25)16-4-7-18(8-5-16)34-19-14-35-15-19/h1-2,4-13,19,21-22,27,30-31H,3,14-15H2/t21-,22+,27+/m0/s1. The Kier molecular flexibility index (Phi) is 6.36. The smallest absolute Gasteiger partial charge is 0.261 e. The molecular weight excluding hydrogens is 535 g/mol. The van der Waals surface area contributed by atoms with E-state index in [1.54, 1.807) is 24.3 Å². The molecule has 3 aromatic carbocycles. The Labute approximate surface area is 225 Å². The molecule has 5 nitrogen and oxygen atoms in total. The lowest BCUT2D eigenvalue weighted by molar-refractivity contribution is 0.240. The number of benzene rings is 3. The minimum absolute atomic E-state index is 0.122. The van der Waals surface area contributed by atoms with Crippen LogP contribution >= 0.6 is 35.0 Å². The normalized spacial score (nSPS) is 22.8. The number of halogens is 2. The molecule has 0 spiro atoms. The van der Waals surface area contributed by atoms with E-state index in [4.69, 9.17) is 27.9 Å². The molecule has 3 aliphatic rings. The van der Waals surface area contributed by atoms with E-state index in [1.165, 1.54) is 11.6 Å². The zero-order chi connectivity index (χ0) is 24.9. The fourth-order valence-corrected chi connectivity index (χ4v) is 7.14. The molecule has 186 valence electrons. The summed E-state index contributed by atoms with van der Waals surface area (Å²) in [5.74, 6) is 3.43. The Hall–Kier alpha value is -2.32. The first kappa shape index (κ1) is 24.0. The molecule has 0 aromatic heterocycles. The lowest BCUT2D eigenvalue weighted by atomic mass is 9.77. The van der Waals surface area contributed by atoms with E-state index < -0.39 is 10.0 Å². The molecule has 1 fully saturated rings. The van der Waals surface area contributed by atoms with Gasteiger partial charge in [0.15, 0.2) is 0 Å². The average molecular weight is 560 g/mol. The fourth-order valence-electron chi connectivity index (χ4n) is 5.08. The third-order valence-electron chi connectivity index (χ3n) is 6.97.